The van der Waals surface area contributed by atoms with E-state index in [0.29, 0.717) is 11.7 Å². The lowest BCUT2D eigenvalue weighted by atomic mass is 10.0. The molecule has 9 heteroatoms. The fourth-order valence-electron chi connectivity index (χ4n) is 2.88. The Kier molecular flexibility index (Phi) is 4.99. The maximum atomic E-state index is 13.2. The van der Waals surface area contributed by atoms with Crippen molar-refractivity contribution in [3.05, 3.63) is 35.0 Å². The summed E-state index contributed by atoms with van der Waals surface area (Å²) in [5.41, 5.74) is -1.04. The van der Waals surface area contributed by atoms with E-state index in [9.17, 15) is 13.2 Å². The predicted molar refractivity (Wildman–Crippen MR) is 90.2 cm³/mol. The van der Waals surface area contributed by atoms with E-state index >= 15 is 0 Å². The highest BCUT2D eigenvalue weighted by Gasteiger charge is 2.34. The number of halogens is 4. The van der Waals surface area contributed by atoms with Crippen LogP contribution < -0.4 is 10.2 Å². The van der Waals surface area contributed by atoms with Gasteiger partial charge in [0.2, 0.25) is 5.95 Å². The highest BCUT2D eigenvalue weighted by atomic mass is 35.5. The fourth-order valence-corrected chi connectivity index (χ4v) is 3.05. The SMILES string of the molecule is CC1CCCN(c2cnnc(Nc3ccc(Cl)cc3C(F)(F)F)n2)C1. The van der Waals surface area contributed by atoms with Gasteiger partial charge in [-0.1, -0.05) is 18.5 Å². The van der Waals surface area contributed by atoms with E-state index in [0.717, 1.165) is 32.0 Å². The molecule has 1 atom stereocenters. The second-order valence-electron chi connectivity index (χ2n) is 6.14. The summed E-state index contributed by atoms with van der Waals surface area (Å²) < 4.78 is 39.5. The van der Waals surface area contributed by atoms with Gasteiger partial charge in [0.25, 0.3) is 0 Å². The van der Waals surface area contributed by atoms with E-state index in [1.807, 2.05) is 0 Å². The molecule has 1 fully saturated rings. The first-order valence-electron chi connectivity index (χ1n) is 7.91. The van der Waals surface area contributed by atoms with Crippen LogP contribution in [0.3, 0.4) is 0 Å². The molecule has 0 bridgehead atoms. The quantitative estimate of drug-likeness (QED) is 0.859. The van der Waals surface area contributed by atoms with Crippen LogP contribution in [-0.4, -0.2) is 28.3 Å². The number of piperidine rings is 1. The Bertz CT molecular complexity index is 753. The van der Waals surface area contributed by atoms with Crippen LogP contribution in [0.2, 0.25) is 5.02 Å². The summed E-state index contributed by atoms with van der Waals surface area (Å²) in [5.74, 6) is 1.16. The van der Waals surface area contributed by atoms with Crippen molar-refractivity contribution >= 4 is 29.1 Å². The number of hydrogen-bond donors (Lipinski definition) is 1. The number of rotatable bonds is 3. The second kappa shape index (κ2) is 7.03. The van der Waals surface area contributed by atoms with Crippen molar-refractivity contribution in [1.29, 1.82) is 0 Å². The fraction of sp³-hybridized carbons (Fsp3) is 0.438. The second-order valence-corrected chi connectivity index (χ2v) is 6.58. The van der Waals surface area contributed by atoms with Crippen LogP contribution in [0, 0.1) is 5.92 Å². The number of benzene rings is 1. The van der Waals surface area contributed by atoms with E-state index in [2.05, 4.69) is 32.3 Å². The molecule has 0 amide bonds. The minimum atomic E-state index is -4.54. The Hall–Kier alpha value is -2.09. The van der Waals surface area contributed by atoms with E-state index < -0.39 is 11.7 Å². The third kappa shape index (κ3) is 4.31. The van der Waals surface area contributed by atoms with Gasteiger partial charge in [0.15, 0.2) is 5.82 Å². The summed E-state index contributed by atoms with van der Waals surface area (Å²) in [7, 11) is 0. The Morgan fingerprint density at radius 2 is 2.12 bits per heavy atom. The van der Waals surface area contributed by atoms with Crippen LogP contribution in [0.25, 0.3) is 0 Å². The van der Waals surface area contributed by atoms with Crippen molar-refractivity contribution in [1.82, 2.24) is 15.2 Å². The Labute approximate surface area is 148 Å². The number of nitrogens with one attached hydrogen (secondary N) is 1. The minimum Gasteiger partial charge on any atom is -0.355 e. The average Bonchev–Trinajstić information content (AvgIpc) is 2.56. The average molecular weight is 372 g/mol. The van der Waals surface area contributed by atoms with Gasteiger partial charge in [-0.2, -0.15) is 23.3 Å². The molecular weight excluding hydrogens is 355 g/mol. The smallest absolute Gasteiger partial charge is 0.355 e. The molecule has 2 aromatic rings. The van der Waals surface area contributed by atoms with E-state index in [-0.39, 0.29) is 16.7 Å². The van der Waals surface area contributed by atoms with Crippen LogP contribution >= 0.6 is 11.6 Å². The van der Waals surface area contributed by atoms with Gasteiger partial charge in [-0.25, -0.2) is 0 Å². The predicted octanol–water partition coefficient (Wildman–Crippen LogP) is 4.52. The summed E-state index contributed by atoms with van der Waals surface area (Å²) >= 11 is 5.69. The molecule has 1 N–H and O–H groups in total. The van der Waals surface area contributed by atoms with Crippen molar-refractivity contribution in [3.8, 4) is 0 Å². The van der Waals surface area contributed by atoms with Crippen LogP contribution in [0.4, 0.5) is 30.6 Å². The molecule has 1 saturated heterocycles. The maximum absolute atomic E-state index is 13.2. The third-order valence-corrected chi connectivity index (χ3v) is 4.30. The summed E-state index contributed by atoms with van der Waals surface area (Å²) in [5, 5.41) is 10.3. The van der Waals surface area contributed by atoms with Gasteiger partial charge in [-0.05, 0) is 37.0 Å². The summed E-state index contributed by atoms with van der Waals surface area (Å²) in [6.07, 6.45) is -0.820. The van der Waals surface area contributed by atoms with Crippen molar-refractivity contribution in [3.63, 3.8) is 0 Å². The number of alkyl halides is 3. The van der Waals surface area contributed by atoms with Gasteiger partial charge in [0.05, 0.1) is 17.4 Å². The zero-order valence-electron chi connectivity index (χ0n) is 13.5. The highest BCUT2D eigenvalue weighted by molar-refractivity contribution is 6.30. The number of hydrogen-bond acceptors (Lipinski definition) is 5. The van der Waals surface area contributed by atoms with Crippen LogP contribution in [0.1, 0.15) is 25.3 Å². The molecule has 1 aromatic heterocycles. The standard InChI is InChI=1S/C16H17ClF3N5/c1-10-3-2-6-25(9-10)14-8-21-24-15(23-14)22-13-5-4-11(17)7-12(13)16(18,19)20/h4-5,7-8,10H,2-3,6,9H2,1H3,(H,22,23,24). The first-order valence-corrected chi connectivity index (χ1v) is 8.29. The molecule has 0 aliphatic carbocycles. The lowest BCUT2D eigenvalue weighted by molar-refractivity contribution is -0.136. The molecular formula is C16H17ClF3N5. The van der Waals surface area contributed by atoms with Crippen molar-refractivity contribution in [2.45, 2.75) is 25.9 Å². The number of anilines is 3. The zero-order chi connectivity index (χ0) is 18.0. The van der Waals surface area contributed by atoms with Crippen molar-refractivity contribution < 1.29 is 13.2 Å². The van der Waals surface area contributed by atoms with Gasteiger partial charge < -0.3 is 10.2 Å². The topological polar surface area (TPSA) is 53.9 Å². The summed E-state index contributed by atoms with van der Waals surface area (Å²) in [4.78, 5) is 6.38. The molecule has 5 nitrogen and oxygen atoms in total. The summed E-state index contributed by atoms with van der Waals surface area (Å²) in [6, 6.07) is 3.50. The summed E-state index contributed by atoms with van der Waals surface area (Å²) in [6.45, 7) is 3.84. The van der Waals surface area contributed by atoms with Crippen LogP contribution in [0.15, 0.2) is 24.4 Å². The van der Waals surface area contributed by atoms with E-state index in [1.165, 1.54) is 18.3 Å². The van der Waals surface area contributed by atoms with Gasteiger partial charge in [-0.15, -0.1) is 5.10 Å². The lowest BCUT2D eigenvalue weighted by Gasteiger charge is -2.31. The molecule has 3 rings (SSSR count). The molecule has 0 radical (unpaired) electrons. The van der Waals surface area contributed by atoms with Gasteiger partial charge in [0.1, 0.15) is 0 Å². The van der Waals surface area contributed by atoms with E-state index in [4.69, 9.17) is 11.6 Å². The lowest BCUT2D eigenvalue weighted by Crippen LogP contribution is -2.35. The zero-order valence-corrected chi connectivity index (χ0v) is 14.3. The first kappa shape index (κ1) is 17.7. The molecule has 2 heterocycles. The number of nitrogens with zero attached hydrogens (tertiary/aromatic N) is 4. The van der Waals surface area contributed by atoms with Crippen molar-refractivity contribution in [2.75, 3.05) is 23.3 Å². The molecule has 1 unspecified atom stereocenters. The molecule has 0 saturated carbocycles. The molecule has 134 valence electrons. The Morgan fingerprint density at radius 3 is 2.84 bits per heavy atom. The van der Waals surface area contributed by atoms with Crippen LogP contribution in [-0.2, 0) is 6.18 Å². The minimum absolute atomic E-state index is 0.00738. The number of aromatic nitrogens is 3. The van der Waals surface area contributed by atoms with E-state index in [1.54, 1.807) is 0 Å². The first-order chi connectivity index (χ1) is 11.8. The van der Waals surface area contributed by atoms with Gasteiger partial charge in [0, 0.05) is 18.1 Å². The highest BCUT2D eigenvalue weighted by Crippen LogP contribution is 2.37. The molecule has 1 aromatic carbocycles. The molecule has 0 spiro atoms. The Morgan fingerprint density at radius 1 is 1.32 bits per heavy atom. The van der Waals surface area contributed by atoms with Crippen molar-refractivity contribution in [2.24, 2.45) is 5.92 Å². The molecule has 25 heavy (non-hydrogen) atoms. The molecule has 1 aliphatic rings. The third-order valence-electron chi connectivity index (χ3n) is 4.06. The monoisotopic (exact) mass is 371 g/mol. The molecule has 1 aliphatic heterocycles. The maximum Gasteiger partial charge on any atom is 0.418 e. The Balaban J connectivity index is 1.86. The van der Waals surface area contributed by atoms with Crippen LogP contribution in [0.5, 0.6) is 0 Å². The largest absolute Gasteiger partial charge is 0.418 e. The van der Waals surface area contributed by atoms with Gasteiger partial charge in [-0.3, -0.25) is 0 Å². The van der Waals surface area contributed by atoms with Gasteiger partial charge >= 0.3 is 6.18 Å². The normalized spacial score (nSPS) is 18.3.